The molecule has 2 rings (SSSR count). The van der Waals surface area contributed by atoms with Crippen molar-refractivity contribution in [2.45, 2.75) is 52.1 Å². The van der Waals surface area contributed by atoms with E-state index in [1.54, 1.807) is 4.90 Å². The topological polar surface area (TPSA) is 86.8 Å². The van der Waals surface area contributed by atoms with E-state index < -0.39 is 21.9 Å². The summed E-state index contributed by atoms with van der Waals surface area (Å²) in [6, 6.07) is 14.0. The molecule has 0 unspecified atom stereocenters. The van der Waals surface area contributed by atoms with Gasteiger partial charge in [0.1, 0.15) is 11.9 Å². The number of benzene rings is 2. The van der Waals surface area contributed by atoms with Gasteiger partial charge in [-0.2, -0.15) is 0 Å². The van der Waals surface area contributed by atoms with E-state index >= 15 is 0 Å². The lowest BCUT2D eigenvalue weighted by molar-refractivity contribution is -0.141. The minimum Gasteiger partial charge on any atom is -0.354 e. The molecule has 0 heterocycles. The van der Waals surface area contributed by atoms with Gasteiger partial charge in [-0.1, -0.05) is 44.2 Å². The molecule has 9 heteroatoms. The van der Waals surface area contributed by atoms with Crippen LogP contribution < -0.4 is 9.62 Å². The van der Waals surface area contributed by atoms with Gasteiger partial charge in [0.15, 0.2) is 0 Å². The number of anilines is 1. The summed E-state index contributed by atoms with van der Waals surface area (Å²) >= 11 is 0. The molecule has 0 aliphatic heterocycles. The Morgan fingerprint density at radius 3 is 2.24 bits per heavy atom. The highest BCUT2D eigenvalue weighted by Crippen LogP contribution is 2.20. The summed E-state index contributed by atoms with van der Waals surface area (Å²) in [6.45, 7) is 4.70. The zero-order valence-corrected chi connectivity index (χ0v) is 20.9. The second-order valence-corrected chi connectivity index (χ2v) is 10.0. The van der Waals surface area contributed by atoms with Gasteiger partial charge in [0.2, 0.25) is 21.8 Å². The summed E-state index contributed by atoms with van der Waals surface area (Å²) in [5.74, 6) is -0.886. The highest BCUT2D eigenvalue weighted by molar-refractivity contribution is 7.92. The summed E-state index contributed by atoms with van der Waals surface area (Å²) in [7, 11) is -3.62. The molecule has 0 aliphatic carbocycles. The molecule has 2 amide bonds. The molecule has 0 aromatic heterocycles. The number of halogens is 1. The van der Waals surface area contributed by atoms with E-state index in [9.17, 15) is 22.4 Å². The second-order valence-electron chi connectivity index (χ2n) is 8.14. The normalized spacial score (nSPS) is 12.1. The lowest BCUT2D eigenvalue weighted by Gasteiger charge is -2.31. The molecule has 34 heavy (non-hydrogen) atoms. The largest absolute Gasteiger partial charge is 0.354 e. The summed E-state index contributed by atoms with van der Waals surface area (Å²) in [5.41, 5.74) is 1.24. The maximum absolute atomic E-state index is 13.3. The van der Waals surface area contributed by atoms with Crippen LogP contribution in [0.1, 0.15) is 45.1 Å². The first-order valence-corrected chi connectivity index (χ1v) is 13.4. The number of amides is 2. The molecule has 0 radical (unpaired) electrons. The highest BCUT2D eigenvalue weighted by atomic mass is 32.2. The van der Waals surface area contributed by atoms with Gasteiger partial charge in [0.25, 0.3) is 0 Å². The predicted octanol–water partition coefficient (Wildman–Crippen LogP) is 3.71. The number of carbonyl (C=O) groups excluding carboxylic acids is 2. The molecule has 1 N–H and O–H groups in total. The van der Waals surface area contributed by atoms with Crippen molar-refractivity contribution in [3.05, 3.63) is 66.0 Å². The Morgan fingerprint density at radius 1 is 1.03 bits per heavy atom. The Labute approximate surface area is 202 Å². The second kappa shape index (κ2) is 13.1. The number of hydrogen-bond acceptors (Lipinski definition) is 4. The van der Waals surface area contributed by atoms with Crippen molar-refractivity contribution in [1.29, 1.82) is 0 Å². The van der Waals surface area contributed by atoms with E-state index in [0.717, 1.165) is 22.5 Å². The number of rotatable bonds is 13. The van der Waals surface area contributed by atoms with Crippen LogP contribution in [0, 0.1) is 5.82 Å². The molecular formula is C25H34FN3O4S. The molecule has 186 valence electrons. The van der Waals surface area contributed by atoms with E-state index in [0.29, 0.717) is 18.7 Å². The fourth-order valence-corrected chi connectivity index (χ4v) is 4.64. The van der Waals surface area contributed by atoms with E-state index in [1.165, 1.54) is 24.3 Å². The minimum atomic E-state index is -3.62. The van der Waals surface area contributed by atoms with Gasteiger partial charge in [0.05, 0.1) is 11.9 Å². The number of nitrogens with zero attached hydrogens (tertiary/aromatic N) is 2. The van der Waals surface area contributed by atoms with Gasteiger partial charge in [-0.25, -0.2) is 12.8 Å². The van der Waals surface area contributed by atoms with Crippen LogP contribution in [0.15, 0.2) is 54.6 Å². The summed E-state index contributed by atoms with van der Waals surface area (Å²) < 4.78 is 39.0. The molecule has 2 aromatic carbocycles. The van der Waals surface area contributed by atoms with E-state index in [2.05, 4.69) is 5.32 Å². The molecular weight excluding hydrogens is 457 g/mol. The zero-order valence-electron chi connectivity index (χ0n) is 20.0. The highest BCUT2D eigenvalue weighted by Gasteiger charge is 2.28. The molecule has 0 fully saturated rings. The van der Waals surface area contributed by atoms with Crippen molar-refractivity contribution in [3.63, 3.8) is 0 Å². The monoisotopic (exact) mass is 491 g/mol. The first-order chi connectivity index (χ1) is 16.2. The lowest BCUT2D eigenvalue weighted by Crippen LogP contribution is -2.49. The number of hydrogen-bond donors (Lipinski definition) is 1. The smallest absolute Gasteiger partial charge is 0.242 e. The van der Waals surface area contributed by atoms with Crippen LogP contribution >= 0.6 is 0 Å². The van der Waals surface area contributed by atoms with Crippen LogP contribution in [0.2, 0.25) is 0 Å². The molecule has 0 spiro atoms. The summed E-state index contributed by atoms with van der Waals surface area (Å²) in [6.07, 6.45) is 2.64. The summed E-state index contributed by atoms with van der Waals surface area (Å²) in [5, 5.41) is 2.87. The lowest BCUT2D eigenvalue weighted by atomic mass is 10.1. The maximum atomic E-state index is 13.3. The quantitative estimate of drug-likeness (QED) is 0.463. The van der Waals surface area contributed by atoms with Crippen molar-refractivity contribution >= 4 is 27.5 Å². The Kier molecular flexibility index (Phi) is 10.5. The van der Waals surface area contributed by atoms with Crippen molar-refractivity contribution < 1.29 is 22.4 Å². The van der Waals surface area contributed by atoms with Gasteiger partial charge < -0.3 is 10.2 Å². The van der Waals surface area contributed by atoms with Crippen LogP contribution in [-0.2, 0) is 26.2 Å². The van der Waals surface area contributed by atoms with Gasteiger partial charge in [-0.3, -0.25) is 13.9 Å². The average molecular weight is 492 g/mol. The Balaban J connectivity index is 2.16. The van der Waals surface area contributed by atoms with E-state index in [4.69, 9.17) is 0 Å². The third-order valence-corrected chi connectivity index (χ3v) is 6.59. The van der Waals surface area contributed by atoms with Crippen molar-refractivity contribution in [2.75, 3.05) is 23.7 Å². The Bertz CT molecular complexity index is 1030. The van der Waals surface area contributed by atoms with E-state index in [1.807, 2.05) is 44.2 Å². The standard InChI is InChI=1S/C25H34FN3O4S/c1-4-17-27-25(31)23(5-2)28(19-20-10-7-6-8-11-20)24(30)12-9-18-29(34(3,32)33)22-15-13-21(26)14-16-22/h6-8,10-11,13-16,23H,4-5,9,12,17-19H2,1-3H3,(H,27,31)/t23-/m1/s1. The molecule has 0 bridgehead atoms. The van der Waals surface area contributed by atoms with Gasteiger partial charge in [0, 0.05) is 26.1 Å². The fourth-order valence-electron chi connectivity index (χ4n) is 3.68. The number of carbonyl (C=O) groups is 2. The Morgan fingerprint density at radius 2 is 1.68 bits per heavy atom. The van der Waals surface area contributed by atoms with E-state index in [-0.39, 0.29) is 37.7 Å². The van der Waals surface area contributed by atoms with Crippen molar-refractivity contribution in [1.82, 2.24) is 10.2 Å². The van der Waals surface area contributed by atoms with Crippen LogP contribution in [0.4, 0.5) is 10.1 Å². The molecule has 0 saturated carbocycles. The maximum Gasteiger partial charge on any atom is 0.242 e. The number of sulfonamides is 1. The van der Waals surface area contributed by atoms with Gasteiger partial charge in [-0.05, 0) is 49.1 Å². The third kappa shape index (κ3) is 8.13. The first-order valence-electron chi connectivity index (χ1n) is 11.5. The Hall–Kier alpha value is -2.94. The third-order valence-electron chi connectivity index (χ3n) is 5.40. The van der Waals surface area contributed by atoms with Crippen LogP contribution in [-0.4, -0.2) is 50.5 Å². The minimum absolute atomic E-state index is 0.0637. The van der Waals surface area contributed by atoms with Crippen LogP contribution in [0.5, 0.6) is 0 Å². The van der Waals surface area contributed by atoms with Crippen molar-refractivity contribution in [2.24, 2.45) is 0 Å². The first kappa shape index (κ1) is 27.3. The van der Waals surface area contributed by atoms with Gasteiger partial charge >= 0.3 is 0 Å². The zero-order chi connectivity index (χ0) is 25.1. The summed E-state index contributed by atoms with van der Waals surface area (Å²) in [4.78, 5) is 27.6. The molecule has 2 aromatic rings. The number of nitrogens with one attached hydrogen (secondary N) is 1. The molecule has 0 saturated heterocycles. The van der Waals surface area contributed by atoms with Crippen LogP contribution in [0.25, 0.3) is 0 Å². The average Bonchev–Trinajstić information content (AvgIpc) is 2.81. The van der Waals surface area contributed by atoms with Crippen molar-refractivity contribution in [3.8, 4) is 0 Å². The fraction of sp³-hybridized carbons (Fsp3) is 0.440. The predicted molar refractivity (Wildman–Crippen MR) is 132 cm³/mol. The molecule has 0 aliphatic rings. The molecule has 7 nitrogen and oxygen atoms in total. The van der Waals surface area contributed by atoms with Gasteiger partial charge in [-0.15, -0.1) is 0 Å². The van der Waals surface area contributed by atoms with Crippen LogP contribution in [0.3, 0.4) is 0 Å². The molecule has 1 atom stereocenters. The SMILES string of the molecule is CCCNC(=O)[C@@H](CC)N(Cc1ccccc1)C(=O)CCCN(c1ccc(F)cc1)S(C)(=O)=O.